The minimum Gasteiger partial charge on any atom is -0.489 e. The first-order chi connectivity index (χ1) is 14.4. The summed E-state index contributed by atoms with van der Waals surface area (Å²) < 4.78 is 7.96. The average molecular weight is 407 g/mol. The first-order valence-electron chi connectivity index (χ1n) is 10.8. The minimum absolute atomic E-state index is 0.0144. The van der Waals surface area contributed by atoms with E-state index in [0.717, 1.165) is 54.8 Å². The summed E-state index contributed by atoms with van der Waals surface area (Å²) in [5, 5.41) is 0. The van der Waals surface area contributed by atoms with Crippen LogP contribution in [0.25, 0.3) is 5.65 Å². The second kappa shape index (κ2) is 8.46. The summed E-state index contributed by atoms with van der Waals surface area (Å²) in [5.74, 6) is 0.521. The van der Waals surface area contributed by atoms with Crippen molar-refractivity contribution in [3.05, 3.63) is 59.3 Å². The molecule has 6 nitrogen and oxygen atoms in total. The molecule has 0 spiro atoms. The van der Waals surface area contributed by atoms with E-state index in [1.54, 1.807) is 0 Å². The maximum Gasteiger partial charge on any atom is 0.276 e. The van der Waals surface area contributed by atoms with Crippen molar-refractivity contribution in [2.75, 3.05) is 6.54 Å². The fourth-order valence-electron chi connectivity index (χ4n) is 4.21. The summed E-state index contributed by atoms with van der Waals surface area (Å²) in [7, 11) is 0. The van der Waals surface area contributed by atoms with Crippen LogP contribution in [0.5, 0.6) is 5.75 Å². The number of carbonyl (C=O) groups is 1. The summed E-state index contributed by atoms with van der Waals surface area (Å²) in [6.45, 7) is 8.64. The Kier molecular flexibility index (Phi) is 5.75. The third-order valence-corrected chi connectivity index (χ3v) is 5.62. The van der Waals surface area contributed by atoms with Gasteiger partial charge in [0.2, 0.25) is 0 Å². The van der Waals surface area contributed by atoms with Gasteiger partial charge in [0.15, 0.2) is 11.4 Å². The van der Waals surface area contributed by atoms with Crippen molar-refractivity contribution in [2.24, 2.45) is 0 Å². The molecule has 0 bridgehead atoms. The van der Waals surface area contributed by atoms with Crippen molar-refractivity contribution in [1.29, 1.82) is 0 Å². The Bertz CT molecular complexity index is 1060. The van der Waals surface area contributed by atoms with E-state index >= 15 is 0 Å². The van der Waals surface area contributed by atoms with E-state index in [4.69, 9.17) is 9.72 Å². The van der Waals surface area contributed by atoms with Gasteiger partial charge in [0.25, 0.3) is 5.91 Å². The Balaban J connectivity index is 1.61. The summed E-state index contributed by atoms with van der Waals surface area (Å²) in [6.07, 6.45) is 7.95. The zero-order chi connectivity index (χ0) is 21.3. The molecular weight excluding hydrogens is 376 g/mol. The van der Waals surface area contributed by atoms with E-state index in [2.05, 4.69) is 28.6 Å². The van der Waals surface area contributed by atoms with Crippen molar-refractivity contribution < 1.29 is 9.53 Å². The monoisotopic (exact) mass is 406 g/mol. The minimum atomic E-state index is -0.0426. The lowest BCUT2D eigenvalue weighted by molar-refractivity contribution is 0.0599. The molecule has 1 aliphatic heterocycles. The van der Waals surface area contributed by atoms with E-state index in [1.807, 2.05) is 50.1 Å². The molecule has 1 atom stereocenters. The molecular formula is C24H30N4O2. The fourth-order valence-corrected chi connectivity index (χ4v) is 4.21. The van der Waals surface area contributed by atoms with Crippen LogP contribution in [0.15, 0.2) is 36.7 Å². The first kappa shape index (κ1) is 20.4. The highest BCUT2D eigenvalue weighted by Gasteiger charge is 2.31. The Morgan fingerprint density at radius 1 is 1.20 bits per heavy atom. The number of likely N-dealkylation sites (tertiary alicyclic amines) is 1. The zero-order valence-corrected chi connectivity index (χ0v) is 18.3. The highest BCUT2D eigenvalue weighted by atomic mass is 16.5. The summed E-state index contributed by atoms with van der Waals surface area (Å²) in [6, 6.07) is 7.97. The molecule has 3 aromatic heterocycles. The largest absolute Gasteiger partial charge is 0.489 e. The number of nitrogens with zero attached hydrogens (tertiary/aromatic N) is 4. The average Bonchev–Trinajstić information content (AvgIpc) is 3.13. The molecule has 4 heterocycles. The maximum absolute atomic E-state index is 13.5. The number of amides is 1. The third-order valence-electron chi connectivity index (χ3n) is 5.62. The van der Waals surface area contributed by atoms with E-state index in [-0.39, 0.29) is 18.1 Å². The molecule has 0 radical (unpaired) electrons. The molecule has 3 aromatic rings. The van der Waals surface area contributed by atoms with Gasteiger partial charge >= 0.3 is 0 Å². The van der Waals surface area contributed by atoms with Crippen LogP contribution < -0.4 is 4.74 Å². The van der Waals surface area contributed by atoms with Crippen molar-refractivity contribution in [3.63, 3.8) is 0 Å². The van der Waals surface area contributed by atoms with Gasteiger partial charge in [0.1, 0.15) is 5.65 Å². The molecule has 0 N–H and O–H groups in total. The number of rotatable bonds is 5. The van der Waals surface area contributed by atoms with Crippen LogP contribution in [0.3, 0.4) is 0 Å². The van der Waals surface area contributed by atoms with Gasteiger partial charge in [-0.1, -0.05) is 6.07 Å². The van der Waals surface area contributed by atoms with Crippen LogP contribution in [0.2, 0.25) is 0 Å². The van der Waals surface area contributed by atoms with Crippen molar-refractivity contribution in [1.82, 2.24) is 19.3 Å². The van der Waals surface area contributed by atoms with Gasteiger partial charge in [-0.25, -0.2) is 9.97 Å². The number of hydrogen-bond donors (Lipinski definition) is 0. The summed E-state index contributed by atoms with van der Waals surface area (Å²) >= 11 is 0. The number of ether oxygens (including phenoxy) is 1. The van der Waals surface area contributed by atoms with E-state index in [1.165, 1.54) is 0 Å². The second-order valence-electron chi connectivity index (χ2n) is 8.47. The molecule has 1 amide bonds. The van der Waals surface area contributed by atoms with Crippen molar-refractivity contribution in [2.45, 2.75) is 65.5 Å². The van der Waals surface area contributed by atoms with Gasteiger partial charge in [-0.15, -0.1) is 0 Å². The van der Waals surface area contributed by atoms with Crippen LogP contribution in [0, 0.1) is 13.8 Å². The highest BCUT2D eigenvalue weighted by molar-refractivity contribution is 5.95. The van der Waals surface area contributed by atoms with Gasteiger partial charge < -0.3 is 14.0 Å². The van der Waals surface area contributed by atoms with Gasteiger partial charge in [0.05, 0.1) is 11.8 Å². The van der Waals surface area contributed by atoms with Crippen molar-refractivity contribution >= 4 is 11.6 Å². The van der Waals surface area contributed by atoms with Gasteiger partial charge in [-0.2, -0.15) is 0 Å². The number of aromatic nitrogens is 3. The third kappa shape index (κ3) is 4.18. The standard InChI is InChI=1S/C24H30N4O2/c1-16(2)30-21-11-10-18(4)25-22(21)24(29)28-13-6-5-9-20(28)14-19-15-27-12-7-8-17(3)23(27)26-19/h7-8,10-12,15-16,20H,5-6,9,13-14H2,1-4H3/t20-/m0/s1. The Morgan fingerprint density at radius 2 is 2.03 bits per heavy atom. The molecule has 1 aliphatic rings. The molecule has 158 valence electrons. The lowest BCUT2D eigenvalue weighted by Crippen LogP contribution is -2.45. The number of aryl methyl sites for hydroxylation is 2. The maximum atomic E-state index is 13.5. The molecule has 1 saturated heterocycles. The van der Waals surface area contributed by atoms with E-state index in [0.29, 0.717) is 11.4 Å². The van der Waals surface area contributed by atoms with E-state index < -0.39 is 0 Å². The Morgan fingerprint density at radius 3 is 2.80 bits per heavy atom. The number of pyridine rings is 2. The number of fused-ring (bicyclic) bond motifs is 1. The molecule has 0 aliphatic carbocycles. The van der Waals surface area contributed by atoms with Crippen molar-refractivity contribution in [3.8, 4) is 5.75 Å². The van der Waals surface area contributed by atoms with E-state index in [9.17, 15) is 4.79 Å². The van der Waals surface area contributed by atoms with Crippen LogP contribution >= 0.6 is 0 Å². The Labute approximate surface area is 177 Å². The second-order valence-corrected chi connectivity index (χ2v) is 8.47. The smallest absolute Gasteiger partial charge is 0.276 e. The summed E-state index contributed by atoms with van der Waals surface area (Å²) in [4.78, 5) is 24.9. The van der Waals surface area contributed by atoms with Gasteiger partial charge in [0, 0.05) is 37.1 Å². The first-order valence-corrected chi connectivity index (χ1v) is 10.8. The van der Waals surface area contributed by atoms with Crippen LogP contribution in [-0.2, 0) is 6.42 Å². The van der Waals surface area contributed by atoms with Crippen LogP contribution in [-0.4, -0.2) is 43.9 Å². The SMILES string of the molecule is Cc1ccc(OC(C)C)c(C(=O)N2CCCC[C@H]2Cc2cn3cccc(C)c3n2)n1. The molecule has 30 heavy (non-hydrogen) atoms. The van der Waals surface area contributed by atoms with Crippen LogP contribution in [0.4, 0.5) is 0 Å². The normalized spacial score (nSPS) is 17.0. The molecule has 6 heteroatoms. The number of piperidine rings is 1. The lowest BCUT2D eigenvalue weighted by Gasteiger charge is -2.35. The molecule has 0 saturated carbocycles. The lowest BCUT2D eigenvalue weighted by atomic mass is 9.97. The number of carbonyl (C=O) groups excluding carboxylic acids is 1. The molecule has 0 unspecified atom stereocenters. The predicted molar refractivity (Wildman–Crippen MR) is 117 cm³/mol. The van der Waals surface area contributed by atoms with Gasteiger partial charge in [-0.3, -0.25) is 4.79 Å². The van der Waals surface area contributed by atoms with Gasteiger partial charge in [-0.05, 0) is 70.7 Å². The fraction of sp³-hybridized carbons (Fsp3) is 0.458. The highest BCUT2D eigenvalue weighted by Crippen LogP contribution is 2.26. The van der Waals surface area contributed by atoms with Crippen LogP contribution in [0.1, 0.15) is 60.5 Å². The molecule has 0 aromatic carbocycles. The number of imidazole rings is 1. The topological polar surface area (TPSA) is 59.7 Å². The zero-order valence-electron chi connectivity index (χ0n) is 18.3. The number of hydrogen-bond acceptors (Lipinski definition) is 4. The summed E-state index contributed by atoms with van der Waals surface area (Å²) in [5.41, 5.74) is 4.39. The predicted octanol–water partition coefficient (Wildman–Crippen LogP) is 4.37. The molecule has 1 fully saturated rings. The molecule has 4 rings (SSSR count). The Hall–Kier alpha value is -2.89. The quantitative estimate of drug-likeness (QED) is 0.631.